The Morgan fingerprint density at radius 1 is 1.23 bits per heavy atom. The van der Waals surface area contributed by atoms with Crippen molar-refractivity contribution in [3.63, 3.8) is 0 Å². The number of alkyl halides is 5. The van der Waals surface area contributed by atoms with Crippen LogP contribution in [-0.4, -0.2) is 75.0 Å². The van der Waals surface area contributed by atoms with E-state index in [-0.39, 0.29) is 52.7 Å². The van der Waals surface area contributed by atoms with Crippen molar-refractivity contribution in [1.29, 1.82) is 0 Å². The number of anilines is 1. The molecule has 2 bridgehead atoms. The normalized spacial score (nSPS) is 25.1. The van der Waals surface area contributed by atoms with Gasteiger partial charge in [-0.3, -0.25) is 9.59 Å². The monoisotopic (exact) mass is 589 g/mol. The lowest BCUT2D eigenvalue weighted by molar-refractivity contribution is -0.142. The fourth-order valence-corrected chi connectivity index (χ4v) is 6.57. The van der Waals surface area contributed by atoms with Gasteiger partial charge in [-0.15, -0.1) is 11.3 Å². The topological polar surface area (TPSA) is 117 Å². The third-order valence-electron chi connectivity index (χ3n) is 7.56. The van der Waals surface area contributed by atoms with E-state index in [9.17, 15) is 36.6 Å². The number of nitrogens with one attached hydrogen (secondary N) is 2. The van der Waals surface area contributed by atoms with Crippen molar-refractivity contribution in [2.75, 3.05) is 11.9 Å². The quantitative estimate of drug-likeness (QED) is 0.389. The fraction of sp³-hybridized carbons (Fsp3) is 0.600. The summed E-state index contributed by atoms with van der Waals surface area (Å²) in [5.41, 5.74) is -1.01. The molecule has 3 fully saturated rings. The molecule has 3 N–H and O–H groups in total. The Balaban J connectivity index is 1.52. The van der Waals surface area contributed by atoms with E-state index in [1.807, 2.05) is 0 Å². The second-order valence-electron chi connectivity index (χ2n) is 10.2. The summed E-state index contributed by atoms with van der Waals surface area (Å²) in [7, 11) is 0. The Hall–Kier alpha value is -2.91. The number of aromatic nitrogens is 2. The number of thiazole rings is 1. The predicted octanol–water partition coefficient (Wildman–Crippen LogP) is 4.50. The molecule has 3 aliphatic heterocycles. The average Bonchev–Trinajstić information content (AvgIpc) is 3.70. The molecule has 0 aliphatic carbocycles. The van der Waals surface area contributed by atoms with Crippen LogP contribution in [0.4, 0.5) is 27.8 Å². The highest BCUT2D eigenvalue weighted by molar-refractivity contribution is 7.17. The first-order valence-electron chi connectivity index (χ1n) is 13.0. The van der Waals surface area contributed by atoms with Crippen molar-refractivity contribution < 1.29 is 41.4 Å². The summed E-state index contributed by atoms with van der Waals surface area (Å²) in [6.45, 7) is 1.37. The number of aliphatic hydroxyl groups excluding tert-OH is 1. The zero-order valence-corrected chi connectivity index (χ0v) is 22.2. The van der Waals surface area contributed by atoms with Gasteiger partial charge in [-0.2, -0.15) is 13.2 Å². The molecule has 5 heterocycles. The number of aliphatic hydroxyl groups is 1. The number of nitrogens with zero attached hydrogens (tertiary/aromatic N) is 3. The molecule has 5 rings (SSSR count). The largest absolute Gasteiger partial charge is 0.408 e. The standard InChI is InChI=1S/C25H28F5N5O4S/c1-2-16(25(28,29)30)33-17-8-14(21(26)27)15(9-31-17)20-19(24(38)35-12-3-4-13(35)6-5-12)34-23(40-20)22(37)32-11-7-18(36)39-10-11/h8-9,11-13,16,18,21,36H,2-7,10H2,1H3,(H,31,33)(H,32,37)/t11-,12?,13?,16-,18+/m0/s1. The van der Waals surface area contributed by atoms with Gasteiger partial charge < -0.3 is 25.4 Å². The molecule has 3 aliphatic rings. The minimum absolute atomic E-state index is 0.00549. The highest BCUT2D eigenvalue weighted by Gasteiger charge is 2.44. The lowest BCUT2D eigenvalue weighted by atomic mass is 10.0. The van der Waals surface area contributed by atoms with Gasteiger partial charge in [-0.05, 0) is 38.2 Å². The van der Waals surface area contributed by atoms with Crippen LogP contribution in [0.2, 0.25) is 0 Å². The maximum Gasteiger partial charge on any atom is 0.408 e. The van der Waals surface area contributed by atoms with Crippen LogP contribution in [0.3, 0.4) is 0 Å². The SMILES string of the molecule is CC[C@H](Nc1cc(C(F)F)c(-c2sc(C(=O)N[C@@H]3CO[C@@H](O)C3)nc2C(=O)N2C3CCC2CC3)cn1)C(F)(F)F. The van der Waals surface area contributed by atoms with Crippen molar-refractivity contribution in [2.24, 2.45) is 0 Å². The number of halogens is 5. The predicted molar refractivity (Wildman–Crippen MR) is 134 cm³/mol. The number of amides is 2. The van der Waals surface area contributed by atoms with Gasteiger partial charge in [0.1, 0.15) is 17.6 Å². The molecule has 2 aromatic rings. The number of rotatable bonds is 8. The average molecular weight is 590 g/mol. The van der Waals surface area contributed by atoms with E-state index in [1.54, 1.807) is 4.90 Å². The molecule has 0 spiro atoms. The molecule has 0 radical (unpaired) electrons. The van der Waals surface area contributed by atoms with Gasteiger partial charge in [0, 0.05) is 35.8 Å². The molecule has 3 atom stereocenters. The van der Waals surface area contributed by atoms with Gasteiger partial charge in [-0.1, -0.05) is 6.92 Å². The molecule has 40 heavy (non-hydrogen) atoms. The molecule has 0 aromatic carbocycles. The zero-order chi connectivity index (χ0) is 28.8. The first-order valence-corrected chi connectivity index (χ1v) is 13.8. The molecular weight excluding hydrogens is 561 g/mol. The van der Waals surface area contributed by atoms with E-state index >= 15 is 0 Å². The molecule has 2 amide bonds. The van der Waals surface area contributed by atoms with Crippen molar-refractivity contribution in [2.45, 2.75) is 88.5 Å². The van der Waals surface area contributed by atoms with Crippen LogP contribution in [0.15, 0.2) is 12.3 Å². The maximum absolute atomic E-state index is 14.3. The highest BCUT2D eigenvalue weighted by atomic mass is 32.1. The van der Waals surface area contributed by atoms with Crippen molar-refractivity contribution in [3.8, 4) is 10.4 Å². The van der Waals surface area contributed by atoms with E-state index in [4.69, 9.17) is 4.74 Å². The number of ether oxygens (including phenoxy) is 1. The van der Waals surface area contributed by atoms with Gasteiger partial charge >= 0.3 is 6.18 Å². The Morgan fingerprint density at radius 3 is 2.45 bits per heavy atom. The molecule has 0 unspecified atom stereocenters. The van der Waals surface area contributed by atoms with Crippen molar-refractivity contribution in [1.82, 2.24) is 20.2 Å². The summed E-state index contributed by atoms with van der Waals surface area (Å²) in [5, 5.41) is 14.2. The van der Waals surface area contributed by atoms with Gasteiger partial charge in [-0.25, -0.2) is 18.7 Å². The fourth-order valence-electron chi connectivity index (χ4n) is 5.58. The van der Waals surface area contributed by atoms with Gasteiger partial charge in [0.05, 0.1) is 17.5 Å². The second-order valence-corrected chi connectivity index (χ2v) is 11.2. The summed E-state index contributed by atoms with van der Waals surface area (Å²) in [5.74, 6) is -1.55. The van der Waals surface area contributed by atoms with E-state index in [0.717, 1.165) is 49.3 Å². The van der Waals surface area contributed by atoms with Crippen LogP contribution in [-0.2, 0) is 4.74 Å². The number of pyridine rings is 1. The zero-order valence-electron chi connectivity index (χ0n) is 21.4. The molecule has 9 nitrogen and oxygen atoms in total. The Morgan fingerprint density at radius 2 is 1.90 bits per heavy atom. The smallest absolute Gasteiger partial charge is 0.368 e. The van der Waals surface area contributed by atoms with E-state index in [1.165, 1.54) is 6.92 Å². The number of fused-ring (bicyclic) bond motifs is 2. The van der Waals surface area contributed by atoms with Crippen LogP contribution in [0.25, 0.3) is 10.4 Å². The summed E-state index contributed by atoms with van der Waals surface area (Å²) < 4.78 is 73.4. The van der Waals surface area contributed by atoms with Gasteiger partial charge in [0.15, 0.2) is 11.3 Å². The Kier molecular flexibility index (Phi) is 7.99. The number of carbonyl (C=O) groups is 2. The molecule has 15 heteroatoms. The van der Waals surface area contributed by atoms with E-state index in [0.29, 0.717) is 0 Å². The Labute approximate surface area is 230 Å². The van der Waals surface area contributed by atoms with Gasteiger partial charge in [0.2, 0.25) is 0 Å². The molecule has 3 saturated heterocycles. The minimum Gasteiger partial charge on any atom is -0.368 e. The summed E-state index contributed by atoms with van der Waals surface area (Å²) in [6, 6.07) is -1.68. The lowest BCUT2D eigenvalue weighted by Gasteiger charge is -2.22. The second kappa shape index (κ2) is 11.2. The van der Waals surface area contributed by atoms with Crippen LogP contribution in [0.1, 0.15) is 77.7 Å². The van der Waals surface area contributed by atoms with Crippen molar-refractivity contribution in [3.05, 3.63) is 28.5 Å². The summed E-state index contributed by atoms with van der Waals surface area (Å²) >= 11 is 0.727. The first-order chi connectivity index (χ1) is 19.0. The lowest BCUT2D eigenvalue weighted by Crippen LogP contribution is -2.36. The minimum atomic E-state index is -4.62. The summed E-state index contributed by atoms with van der Waals surface area (Å²) in [4.78, 5) is 36.6. The van der Waals surface area contributed by atoms with Gasteiger partial charge in [0.25, 0.3) is 18.2 Å². The number of hydrogen-bond acceptors (Lipinski definition) is 8. The first kappa shape index (κ1) is 28.6. The van der Waals surface area contributed by atoms with Crippen molar-refractivity contribution >= 4 is 29.0 Å². The third-order valence-corrected chi connectivity index (χ3v) is 8.65. The third kappa shape index (κ3) is 5.63. The van der Waals surface area contributed by atoms with Crippen LogP contribution >= 0.6 is 11.3 Å². The molecular formula is C25H28F5N5O4S. The highest BCUT2D eigenvalue weighted by Crippen LogP contribution is 2.42. The molecule has 0 saturated carbocycles. The van der Waals surface area contributed by atoms with Crippen LogP contribution in [0.5, 0.6) is 0 Å². The summed E-state index contributed by atoms with van der Waals surface area (Å²) in [6.07, 6.45) is -4.71. The molecule has 218 valence electrons. The number of carbonyl (C=O) groups excluding carboxylic acids is 2. The Bertz CT molecular complexity index is 1250. The number of hydrogen-bond donors (Lipinski definition) is 3. The maximum atomic E-state index is 14.3. The van der Waals surface area contributed by atoms with E-state index < -0.39 is 54.2 Å². The van der Waals surface area contributed by atoms with Crippen LogP contribution in [0, 0.1) is 0 Å². The molecule has 2 aromatic heterocycles. The van der Waals surface area contributed by atoms with E-state index in [2.05, 4.69) is 20.6 Å². The van der Waals surface area contributed by atoms with Crippen LogP contribution < -0.4 is 10.6 Å².